The van der Waals surface area contributed by atoms with E-state index in [4.69, 9.17) is 24.2 Å². The van der Waals surface area contributed by atoms with E-state index in [2.05, 4.69) is 57.0 Å². The molecule has 320 valence electrons. The van der Waals surface area contributed by atoms with Crippen molar-refractivity contribution in [2.75, 3.05) is 33.9 Å². The Bertz CT molecular complexity index is 2100. The molecule has 15 nitrogen and oxygen atoms in total. The number of nitrogens with zero attached hydrogens (tertiary/aromatic N) is 4. The molecule has 0 saturated carbocycles. The fourth-order valence-corrected chi connectivity index (χ4v) is 8.66. The number of carbonyl (C=O) groups excluding carboxylic acids is 4. The number of ether oxygens (including phenoxy) is 3. The number of hydrogen-bond acceptors (Lipinski definition) is 9. The normalized spacial score (nSPS) is 20.8. The van der Waals surface area contributed by atoms with Gasteiger partial charge in [-0.05, 0) is 55.6 Å². The second kappa shape index (κ2) is 19.6. The van der Waals surface area contributed by atoms with Crippen LogP contribution in [0.5, 0.6) is 0 Å². The molecular formula is C45H58N8O7. The molecule has 5 heterocycles. The minimum Gasteiger partial charge on any atom is -0.453 e. The highest BCUT2D eigenvalue weighted by Gasteiger charge is 2.38. The fraction of sp³-hybridized carbons (Fsp3) is 0.511. The van der Waals surface area contributed by atoms with Crippen LogP contribution in [-0.4, -0.2) is 99.7 Å². The van der Waals surface area contributed by atoms with Crippen LogP contribution in [-0.2, 0) is 30.4 Å². The number of amides is 4. The van der Waals surface area contributed by atoms with Crippen molar-refractivity contribution in [1.29, 1.82) is 0 Å². The summed E-state index contributed by atoms with van der Waals surface area (Å²) in [7, 11) is 2.61. The summed E-state index contributed by atoms with van der Waals surface area (Å²) in [5.41, 5.74) is 6.45. The van der Waals surface area contributed by atoms with Crippen molar-refractivity contribution in [3.05, 3.63) is 72.1 Å². The van der Waals surface area contributed by atoms with Crippen molar-refractivity contribution in [2.45, 2.75) is 109 Å². The summed E-state index contributed by atoms with van der Waals surface area (Å²) in [6.45, 7) is 6.02. The Morgan fingerprint density at radius 2 is 1.42 bits per heavy atom. The van der Waals surface area contributed by atoms with Crippen LogP contribution in [0.15, 0.2) is 54.7 Å². The molecule has 60 heavy (non-hydrogen) atoms. The summed E-state index contributed by atoms with van der Waals surface area (Å²) in [4.78, 5) is 72.3. The summed E-state index contributed by atoms with van der Waals surface area (Å²) in [5.74, 6) is 1.09. The quantitative estimate of drug-likeness (QED) is 0.140. The van der Waals surface area contributed by atoms with Gasteiger partial charge in [0.2, 0.25) is 11.8 Å². The molecule has 2 saturated heterocycles. The zero-order chi connectivity index (χ0) is 42.2. The van der Waals surface area contributed by atoms with Gasteiger partial charge in [0, 0.05) is 37.0 Å². The van der Waals surface area contributed by atoms with E-state index in [-0.39, 0.29) is 29.8 Å². The molecule has 0 spiro atoms. The summed E-state index contributed by atoms with van der Waals surface area (Å²) in [6, 6.07) is 14.8. The van der Waals surface area contributed by atoms with Crippen LogP contribution in [0.4, 0.5) is 9.59 Å². The molecule has 4 N–H and O–H groups in total. The van der Waals surface area contributed by atoms with Crippen molar-refractivity contribution in [3.63, 3.8) is 0 Å². The Morgan fingerprint density at radius 1 is 0.767 bits per heavy atom. The van der Waals surface area contributed by atoms with Gasteiger partial charge in [0.25, 0.3) is 0 Å². The van der Waals surface area contributed by atoms with E-state index in [0.717, 1.165) is 109 Å². The van der Waals surface area contributed by atoms with Gasteiger partial charge in [-0.15, -0.1) is 0 Å². The van der Waals surface area contributed by atoms with Gasteiger partial charge in [0.1, 0.15) is 23.7 Å². The average molecular weight is 823 g/mol. The molecular weight excluding hydrogens is 765 g/mol. The molecule has 2 aromatic carbocycles. The number of aromatic amines is 2. The summed E-state index contributed by atoms with van der Waals surface area (Å²) >= 11 is 0. The number of imidazole rings is 2. The number of aromatic nitrogens is 4. The number of fused-ring (bicyclic) bond motifs is 4. The Kier molecular flexibility index (Phi) is 13.8. The Labute approximate surface area is 351 Å². The van der Waals surface area contributed by atoms with Gasteiger partial charge in [0.15, 0.2) is 0 Å². The van der Waals surface area contributed by atoms with Crippen molar-refractivity contribution in [3.8, 4) is 33.6 Å². The minimum atomic E-state index is -0.693. The van der Waals surface area contributed by atoms with E-state index in [1.54, 1.807) is 0 Å². The molecule has 0 radical (unpaired) electrons. The molecule has 15 heteroatoms. The molecule has 4 aromatic rings. The van der Waals surface area contributed by atoms with Gasteiger partial charge in [-0.3, -0.25) is 9.59 Å². The molecule has 0 unspecified atom stereocenters. The summed E-state index contributed by atoms with van der Waals surface area (Å²) in [5, 5.41) is 5.50. The topological polar surface area (TPSA) is 184 Å². The Morgan fingerprint density at radius 3 is 2.13 bits per heavy atom. The van der Waals surface area contributed by atoms with E-state index in [1.165, 1.54) is 14.2 Å². The van der Waals surface area contributed by atoms with E-state index in [1.807, 2.05) is 42.0 Å². The molecule has 3 aliphatic rings. The van der Waals surface area contributed by atoms with Crippen LogP contribution in [0.2, 0.25) is 0 Å². The third kappa shape index (κ3) is 9.67. The first-order valence-corrected chi connectivity index (χ1v) is 21.4. The predicted molar refractivity (Wildman–Crippen MR) is 225 cm³/mol. The molecule has 2 aromatic heterocycles. The van der Waals surface area contributed by atoms with E-state index in [0.29, 0.717) is 32.7 Å². The molecule has 2 fully saturated rings. The van der Waals surface area contributed by atoms with Gasteiger partial charge >= 0.3 is 12.2 Å². The van der Waals surface area contributed by atoms with Crippen LogP contribution in [0.25, 0.3) is 33.6 Å². The smallest absolute Gasteiger partial charge is 0.407 e. The SMILES string of the molecule is COC(=O)N[C@H]1CCCCCCCOCc2[nH]c(nc2-c2ccc(-c3ccc(-c4c[nH]c([C@@H]5CCCN5C(=O)[C@@H](NC(=O)OC)C(C)C)n4)cc3)cc2)[C@@H]2CCCN2C1=O. The summed E-state index contributed by atoms with van der Waals surface area (Å²) in [6.07, 6.45) is 9.28. The van der Waals surface area contributed by atoms with Crippen LogP contribution < -0.4 is 10.6 Å². The lowest BCUT2D eigenvalue weighted by atomic mass is 10.0. The number of H-pyrrole nitrogens is 2. The molecule has 4 atom stereocenters. The molecule has 4 amide bonds. The number of nitrogens with one attached hydrogen (secondary N) is 4. The number of likely N-dealkylation sites (tertiary alicyclic amines) is 1. The van der Waals surface area contributed by atoms with Crippen LogP contribution >= 0.6 is 0 Å². The summed E-state index contributed by atoms with van der Waals surface area (Å²) < 4.78 is 15.8. The standard InChI is InChI=1S/C45H58N8O7/c1-28(2)38(51-45(57)59-4)43(55)53-24-10-13-36(53)40-46-26-34(47-40)31-19-15-29(16-20-31)30-17-21-32(22-18-30)39-35-27-60-25-9-7-5-6-8-12-33(49-44(56)58-3)42(54)52-23-11-14-37(52)41(48-35)50-39/h15-22,26,28,33,36-38H,5-14,23-25,27H2,1-4H3,(H,46,47)(H,48,50)(H,49,56)(H,51,57)/t33-,36-,37-,38-/m0/s1. The fourth-order valence-electron chi connectivity index (χ4n) is 8.66. The first-order chi connectivity index (χ1) is 29.1. The van der Waals surface area contributed by atoms with Crippen molar-refractivity contribution >= 4 is 24.0 Å². The highest BCUT2D eigenvalue weighted by molar-refractivity contribution is 5.87. The third-order valence-corrected chi connectivity index (χ3v) is 12.0. The molecule has 3 aliphatic heterocycles. The second-order valence-electron chi connectivity index (χ2n) is 16.3. The lowest BCUT2D eigenvalue weighted by Gasteiger charge is -2.29. The zero-order valence-corrected chi connectivity index (χ0v) is 35.1. The Hall–Kier alpha value is -5.70. The third-order valence-electron chi connectivity index (χ3n) is 12.0. The number of rotatable bonds is 8. The first kappa shape index (κ1) is 42.4. The van der Waals surface area contributed by atoms with Gasteiger partial charge in [-0.2, -0.15) is 0 Å². The molecule has 0 aliphatic carbocycles. The predicted octanol–water partition coefficient (Wildman–Crippen LogP) is 7.44. The average Bonchev–Trinajstić information content (AvgIpc) is 4.10. The minimum absolute atomic E-state index is 0.104. The molecule has 2 bridgehead atoms. The van der Waals surface area contributed by atoms with E-state index in [9.17, 15) is 19.2 Å². The second-order valence-corrected chi connectivity index (χ2v) is 16.3. The van der Waals surface area contributed by atoms with Gasteiger partial charge in [-0.1, -0.05) is 88.1 Å². The number of alkyl carbamates (subject to hydrolysis) is 2. The van der Waals surface area contributed by atoms with E-state index >= 15 is 0 Å². The number of benzene rings is 2. The van der Waals surface area contributed by atoms with Crippen molar-refractivity contribution in [1.82, 2.24) is 40.4 Å². The van der Waals surface area contributed by atoms with Crippen molar-refractivity contribution < 1.29 is 33.4 Å². The Balaban J connectivity index is 1.06. The largest absolute Gasteiger partial charge is 0.453 e. The zero-order valence-electron chi connectivity index (χ0n) is 35.1. The van der Waals surface area contributed by atoms with Gasteiger partial charge in [0.05, 0.1) is 50.0 Å². The van der Waals surface area contributed by atoms with Crippen LogP contribution in [0, 0.1) is 5.92 Å². The maximum absolute atomic E-state index is 13.9. The number of hydrogen-bond donors (Lipinski definition) is 4. The lowest BCUT2D eigenvalue weighted by molar-refractivity contribution is -0.135. The monoisotopic (exact) mass is 822 g/mol. The van der Waals surface area contributed by atoms with E-state index < -0.39 is 24.3 Å². The highest BCUT2D eigenvalue weighted by Crippen LogP contribution is 2.36. The van der Waals surface area contributed by atoms with Crippen LogP contribution in [0.3, 0.4) is 0 Å². The lowest BCUT2D eigenvalue weighted by Crippen LogP contribution is -2.51. The number of carbonyl (C=O) groups is 4. The van der Waals surface area contributed by atoms with Crippen LogP contribution in [0.1, 0.15) is 107 Å². The maximum atomic E-state index is 13.9. The van der Waals surface area contributed by atoms with Gasteiger partial charge < -0.3 is 44.6 Å². The highest BCUT2D eigenvalue weighted by atomic mass is 16.5. The molecule has 7 rings (SSSR count). The number of methoxy groups -OCH3 is 2. The van der Waals surface area contributed by atoms with Gasteiger partial charge in [-0.25, -0.2) is 19.6 Å². The first-order valence-electron chi connectivity index (χ1n) is 21.4. The van der Waals surface area contributed by atoms with Crippen molar-refractivity contribution in [2.24, 2.45) is 5.92 Å². The maximum Gasteiger partial charge on any atom is 0.407 e.